The molecule has 0 radical (unpaired) electrons. The van der Waals surface area contributed by atoms with E-state index in [1.807, 2.05) is 0 Å². The summed E-state index contributed by atoms with van der Waals surface area (Å²) in [7, 11) is 2.22. The van der Waals surface area contributed by atoms with E-state index in [0.717, 1.165) is 25.7 Å². The minimum absolute atomic E-state index is 0.409. The highest BCUT2D eigenvalue weighted by Crippen LogP contribution is 2.22. The third-order valence-corrected chi connectivity index (χ3v) is 4.72. The van der Waals surface area contributed by atoms with Crippen molar-refractivity contribution in [1.82, 2.24) is 15.1 Å². The number of hydrogen-bond acceptors (Lipinski definition) is 4. The zero-order chi connectivity index (χ0) is 12.4. The Balaban J connectivity index is 1.40. The quantitative estimate of drug-likeness (QED) is 0.794. The highest BCUT2D eigenvalue weighted by atomic mass is 16.5. The fourth-order valence-corrected chi connectivity index (χ4v) is 3.64. The summed E-state index contributed by atoms with van der Waals surface area (Å²) in [5.41, 5.74) is 0. The van der Waals surface area contributed by atoms with Gasteiger partial charge in [-0.25, -0.2) is 0 Å². The predicted octanol–water partition coefficient (Wildman–Crippen LogP) is 0.533. The molecule has 0 spiro atoms. The van der Waals surface area contributed by atoms with Gasteiger partial charge in [-0.1, -0.05) is 0 Å². The first-order valence-corrected chi connectivity index (χ1v) is 7.59. The standard InChI is InChI=1S/C14H27N3O/c1-16-6-2-4-12(9-16)15-8-14-10-17-7-3-5-13(17)11-18-14/h12-15H,2-11H2,1H3. The normalized spacial score (nSPS) is 38.8. The van der Waals surface area contributed by atoms with Crippen LogP contribution in [0.1, 0.15) is 25.7 Å². The largest absolute Gasteiger partial charge is 0.374 e. The number of morpholine rings is 1. The first-order chi connectivity index (χ1) is 8.81. The molecular weight excluding hydrogens is 226 g/mol. The maximum absolute atomic E-state index is 5.99. The van der Waals surface area contributed by atoms with Crippen LogP contribution in [0.5, 0.6) is 0 Å². The molecule has 0 bridgehead atoms. The van der Waals surface area contributed by atoms with Gasteiger partial charge in [-0.3, -0.25) is 4.90 Å². The van der Waals surface area contributed by atoms with Crippen LogP contribution in [-0.4, -0.2) is 74.4 Å². The van der Waals surface area contributed by atoms with Gasteiger partial charge in [0.25, 0.3) is 0 Å². The number of piperidine rings is 1. The lowest BCUT2D eigenvalue weighted by molar-refractivity contribution is -0.0484. The number of nitrogens with one attached hydrogen (secondary N) is 1. The van der Waals surface area contributed by atoms with Gasteiger partial charge in [0.05, 0.1) is 12.7 Å². The number of ether oxygens (including phenoxy) is 1. The summed E-state index contributed by atoms with van der Waals surface area (Å²) in [4.78, 5) is 5.06. The molecule has 18 heavy (non-hydrogen) atoms. The first kappa shape index (κ1) is 12.9. The van der Waals surface area contributed by atoms with Crippen molar-refractivity contribution in [3.05, 3.63) is 0 Å². The van der Waals surface area contributed by atoms with Crippen LogP contribution in [0.15, 0.2) is 0 Å². The monoisotopic (exact) mass is 253 g/mol. The van der Waals surface area contributed by atoms with E-state index in [2.05, 4.69) is 22.2 Å². The molecule has 3 aliphatic heterocycles. The SMILES string of the molecule is CN1CCCC(NCC2CN3CCCC3CO2)C1. The van der Waals surface area contributed by atoms with Crippen molar-refractivity contribution < 1.29 is 4.74 Å². The van der Waals surface area contributed by atoms with Crippen molar-refractivity contribution in [2.75, 3.05) is 46.4 Å². The van der Waals surface area contributed by atoms with Crippen molar-refractivity contribution in [2.24, 2.45) is 0 Å². The lowest BCUT2D eigenvalue weighted by atomic mass is 10.1. The number of rotatable bonds is 3. The zero-order valence-electron chi connectivity index (χ0n) is 11.6. The molecule has 1 N–H and O–H groups in total. The molecule has 0 aromatic heterocycles. The molecule has 0 aromatic rings. The Morgan fingerprint density at radius 3 is 2.94 bits per heavy atom. The molecule has 3 rings (SSSR count). The molecular formula is C14H27N3O. The van der Waals surface area contributed by atoms with E-state index in [0.29, 0.717) is 12.1 Å². The third-order valence-electron chi connectivity index (χ3n) is 4.72. The van der Waals surface area contributed by atoms with Crippen LogP contribution in [0.2, 0.25) is 0 Å². The number of hydrogen-bond donors (Lipinski definition) is 1. The molecule has 4 heteroatoms. The fourth-order valence-electron chi connectivity index (χ4n) is 3.64. The molecule has 0 amide bonds. The molecule has 104 valence electrons. The Labute approximate surface area is 111 Å². The molecule has 3 saturated heterocycles. The molecule has 0 saturated carbocycles. The minimum atomic E-state index is 0.409. The van der Waals surface area contributed by atoms with Crippen molar-refractivity contribution in [2.45, 2.75) is 43.9 Å². The molecule has 3 unspecified atom stereocenters. The minimum Gasteiger partial charge on any atom is -0.374 e. The predicted molar refractivity (Wildman–Crippen MR) is 72.9 cm³/mol. The molecule has 3 heterocycles. The van der Waals surface area contributed by atoms with Gasteiger partial charge in [-0.15, -0.1) is 0 Å². The van der Waals surface area contributed by atoms with Crippen LogP contribution in [0.3, 0.4) is 0 Å². The molecule has 4 nitrogen and oxygen atoms in total. The van der Waals surface area contributed by atoms with Gasteiger partial charge in [0.1, 0.15) is 0 Å². The number of fused-ring (bicyclic) bond motifs is 1. The summed E-state index contributed by atoms with van der Waals surface area (Å²) in [5.74, 6) is 0. The first-order valence-electron chi connectivity index (χ1n) is 7.59. The van der Waals surface area contributed by atoms with E-state index in [1.54, 1.807) is 0 Å². The molecule has 3 aliphatic rings. The summed E-state index contributed by atoms with van der Waals surface area (Å²) in [6, 6.07) is 1.39. The summed E-state index contributed by atoms with van der Waals surface area (Å²) in [5, 5.41) is 3.71. The Hall–Kier alpha value is -0.160. The second-order valence-corrected chi connectivity index (χ2v) is 6.26. The Bertz CT molecular complexity index is 274. The fraction of sp³-hybridized carbons (Fsp3) is 1.00. The van der Waals surface area contributed by atoms with Gasteiger partial charge in [-0.2, -0.15) is 0 Å². The van der Waals surface area contributed by atoms with Crippen LogP contribution in [0, 0.1) is 0 Å². The molecule has 3 fully saturated rings. The summed E-state index contributed by atoms with van der Waals surface area (Å²) in [6.07, 6.45) is 5.76. The third kappa shape index (κ3) is 3.05. The zero-order valence-corrected chi connectivity index (χ0v) is 11.6. The second kappa shape index (κ2) is 5.87. The highest BCUT2D eigenvalue weighted by Gasteiger charge is 2.32. The van der Waals surface area contributed by atoms with Gasteiger partial charge >= 0.3 is 0 Å². The van der Waals surface area contributed by atoms with Gasteiger partial charge in [0.15, 0.2) is 0 Å². The van der Waals surface area contributed by atoms with Crippen molar-refractivity contribution in [3.63, 3.8) is 0 Å². The Kier molecular flexibility index (Phi) is 4.19. The average molecular weight is 253 g/mol. The lowest BCUT2D eigenvalue weighted by Crippen LogP contribution is -2.52. The number of nitrogens with zero attached hydrogens (tertiary/aromatic N) is 2. The van der Waals surface area contributed by atoms with Crippen LogP contribution >= 0.6 is 0 Å². The molecule has 0 aromatic carbocycles. The maximum Gasteiger partial charge on any atom is 0.0827 e. The van der Waals surface area contributed by atoms with Crippen molar-refractivity contribution in [3.8, 4) is 0 Å². The molecule has 0 aliphatic carbocycles. The van der Waals surface area contributed by atoms with Gasteiger partial charge in [-0.05, 0) is 45.8 Å². The van der Waals surface area contributed by atoms with Crippen molar-refractivity contribution in [1.29, 1.82) is 0 Å². The van der Waals surface area contributed by atoms with E-state index >= 15 is 0 Å². The van der Waals surface area contributed by atoms with E-state index < -0.39 is 0 Å². The van der Waals surface area contributed by atoms with E-state index in [1.165, 1.54) is 45.3 Å². The summed E-state index contributed by atoms with van der Waals surface area (Å²) in [6.45, 7) is 6.86. The second-order valence-electron chi connectivity index (χ2n) is 6.26. The topological polar surface area (TPSA) is 27.7 Å². The van der Waals surface area contributed by atoms with Crippen LogP contribution < -0.4 is 5.32 Å². The smallest absolute Gasteiger partial charge is 0.0827 e. The molecule has 3 atom stereocenters. The van der Waals surface area contributed by atoms with E-state index in [-0.39, 0.29) is 0 Å². The maximum atomic E-state index is 5.99. The number of likely N-dealkylation sites (tertiary alicyclic amines) is 1. The van der Waals surface area contributed by atoms with Gasteiger partial charge in [0, 0.05) is 31.7 Å². The summed E-state index contributed by atoms with van der Waals surface area (Å²) >= 11 is 0. The number of likely N-dealkylation sites (N-methyl/N-ethyl adjacent to an activating group) is 1. The van der Waals surface area contributed by atoms with Gasteiger partial charge in [0.2, 0.25) is 0 Å². The van der Waals surface area contributed by atoms with E-state index in [9.17, 15) is 0 Å². The Morgan fingerprint density at radius 2 is 2.06 bits per heavy atom. The van der Waals surface area contributed by atoms with Crippen LogP contribution in [0.4, 0.5) is 0 Å². The van der Waals surface area contributed by atoms with Crippen molar-refractivity contribution >= 4 is 0 Å². The van der Waals surface area contributed by atoms with E-state index in [4.69, 9.17) is 4.74 Å². The van der Waals surface area contributed by atoms with Crippen LogP contribution in [0.25, 0.3) is 0 Å². The summed E-state index contributed by atoms with van der Waals surface area (Å²) < 4.78 is 5.99. The van der Waals surface area contributed by atoms with Crippen LogP contribution in [-0.2, 0) is 4.74 Å². The average Bonchev–Trinajstić information content (AvgIpc) is 2.84. The Morgan fingerprint density at radius 1 is 1.17 bits per heavy atom. The lowest BCUT2D eigenvalue weighted by Gasteiger charge is -2.37. The van der Waals surface area contributed by atoms with Gasteiger partial charge < -0.3 is 15.0 Å². The highest BCUT2D eigenvalue weighted by molar-refractivity contribution is 4.87.